The number of rotatable bonds is 7. The van der Waals surface area contributed by atoms with Crippen LogP contribution in [0.2, 0.25) is 0 Å². The molecule has 0 bridgehead atoms. The van der Waals surface area contributed by atoms with Crippen molar-refractivity contribution >= 4 is 12.4 Å². The summed E-state index contributed by atoms with van der Waals surface area (Å²) in [5.41, 5.74) is 0.604. The normalized spacial score (nSPS) is 28.8. The molecular weight excluding hydrogens is 348 g/mol. The maximum absolute atomic E-state index is 10.5. The Hall–Kier alpha value is -2.17. The first-order chi connectivity index (χ1) is 12.5. The highest BCUT2D eigenvalue weighted by atomic mass is 16.7. The molecule has 9 nitrogen and oxygen atoms in total. The van der Waals surface area contributed by atoms with E-state index >= 15 is 0 Å². The molecule has 5 atom stereocenters. The molecule has 1 fully saturated rings. The standard InChI is InChI=1S/C17H22O9/c1-23-10-6-9(4-3-5-18)7-11(24-2)16(10)26-17-15(22)14(21)13(20)12(8-19)25-17/h3-7,12-15,17,19-22H,8H2,1-2H3/b4-3-/t12-,13-,14+,15-,17+/m1/s1. The monoisotopic (exact) mass is 370 g/mol. The molecule has 26 heavy (non-hydrogen) atoms. The van der Waals surface area contributed by atoms with Crippen molar-refractivity contribution in [3.8, 4) is 17.2 Å². The number of aliphatic hydroxyl groups is 4. The first-order valence-electron chi connectivity index (χ1n) is 7.81. The third-order valence-electron chi connectivity index (χ3n) is 3.93. The molecular formula is C17H22O9. The summed E-state index contributed by atoms with van der Waals surface area (Å²) in [6.45, 7) is -0.575. The van der Waals surface area contributed by atoms with Crippen molar-refractivity contribution in [1.29, 1.82) is 0 Å². The molecule has 0 unspecified atom stereocenters. The predicted molar refractivity (Wildman–Crippen MR) is 89.0 cm³/mol. The van der Waals surface area contributed by atoms with Crippen LogP contribution in [0.25, 0.3) is 6.08 Å². The molecule has 144 valence electrons. The van der Waals surface area contributed by atoms with Gasteiger partial charge in [0.05, 0.1) is 20.8 Å². The number of benzene rings is 1. The average Bonchev–Trinajstić information content (AvgIpc) is 2.66. The lowest BCUT2D eigenvalue weighted by Gasteiger charge is -2.39. The lowest BCUT2D eigenvalue weighted by atomic mass is 9.99. The lowest BCUT2D eigenvalue weighted by Crippen LogP contribution is -2.60. The minimum Gasteiger partial charge on any atom is -0.493 e. The van der Waals surface area contributed by atoms with Gasteiger partial charge in [0.15, 0.2) is 11.5 Å². The molecule has 9 heteroatoms. The largest absolute Gasteiger partial charge is 0.493 e. The minimum atomic E-state index is -1.57. The zero-order valence-electron chi connectivity index (χ0n) is 14.3. The van der Waals surface area contributed by atoms with Crippen molar-refractivity contribution in [1.82, 2.24) is 0 Å². The lowest BCUT2D eigenvalue weighted by molar-refractivity contribution is -0.277. The van der Waals surface area contributed by atoms with E-state index in [-0.39, 0.29) is 17.2 Å². The number of hydrogen-bond donors (Lipinski definition) is 4. The van der Waals surface area contributed by atoms with Crippen molar-refractivity contribution in [2.45, 2.75) is 30.7 Å². The van der Waals surface area contributed by atoms with Gasteiger partial charge >= 0.3 is 0 Å². The molecule has 0 radical (unpaired) electrons. The van der Waals surface area contributed by atoms with E-state index in [1.807, 2.05) is 0 Å². The van der Waals surface area contributed by atoms with Gasteiger partial charge in [-0.15, -0.1) is 0 Å². The maximum Gasteiger partial charge on any atom is 0.229 e. The van der Waals surface area contributed by atoms with Gasteiger partial charge < -0.3 is 39.4 Å². The van der Waals surface area contributed by atoms with Gasteiger partial charge in [-0.25, -0.2) is 0 Å². The van der Waals surface area contributed by atoms with E-state index in [9.17, 15) is 25.2 Å². The Kier molecular flexibility index (Phi) is 6.95. The maximum atomic E-state index is 10.5. The summed E-state index contributed by atoms with van der Waals surface area (Å²) < 4.78 is 21.5. The molecule has 0 aromatic heterocycles. The molecule has 1 aliphatic heterocycles. The fraction of sp³-hybridized carbons (Fsp3) is 0.471. The highest BCUT2D eigenvalue weighted by molar-refractivity contribution is 5.75. The molecule has 1 aromatic rings. The van der Waals surface area contributed by atoms with Crippen LogP contribution in [0.3, 0.4) is 0 Å². The van der Waals surface area contributed by atoms with Gasteiger partial charge in [0.1, 0.15) is 30.7 Å². The predicted octanol–water partition coefficient (Wildman–Crippen LogP) is -0.905. The second kappa shape index (κ2) is 8.97. The van der Waals surface area contributed by atoms with Crippen molar-refractivity contribution in [2.24, 2.45) is 0 Å². The van der Waals surface area contributed by atoms with Crippen LogP contribution in [-0.4, -0.2) is 78.2 Å². The van der Waals surface area contributed by atoms with Crippen LogP contribution in [0.15, 0.2) is 18.2 Å². The molecule has 2 rings (SSSR count). The Balaban J connectivity index is 2.35. The molecule has 1 saturated heterocycles. The number of carbonyl (C=O) groups excluding carboxylic acids is 1. The van der Waals surface area contributed by atoms with E-state index in [0.717, 1.165) is 0 Å². The highest BCUT2D eigenvalue weighted by Crippen LogP contribution is 2.40. The van der Waals surface area contributed by atoms with E-state index in [2.05, 4.69) is 0 Å². The van der Waals surface area contributed by atoms with Crippen LogP contribution in [0.4, 0.5) is 0 Å². The minimum absolute atomic E-state index is 0.0857. The molecule has 0 amide bonds. The Bertz CT molecular complexity index is 618. The van der Waals surface area contributed by atoms with Crippen LogP contribution in [0.5, 0.6) is 17.2 Å². The average molecular weight is 370 g/mol. The van der Waals surface area contributed by atoms with Crippen molar-refractivity contribution in [2.75, 3.05) is 20.8 Å². The van der Waals surface area contributed by atoms with Crippen LogP contribution in [0, 0.1) is 0 Å². The second-order valence-electron chi connectivity index (χ2n) is 5.56. The third-order valence-corrected chi connectivity index (χ3v) is 3.93. The van der Waals surface area contributed by atoms with E-state index in [1.54, 1.807) is 12.1 Å². The van der Waals surface area contributed by atoms with Crippen molar-refractivity contribution < 1.29 is 44.2 Å². The van der Waals surface area contributed by atoms with Crippen LogP contribution in [0.1, 0.15) is 5.56 Å². The van der Waals surface area contributed by atoms with Crippen LogP contribution < -0.4 is 14.2 Å². The zero-order valence-corrected chi connectivity index (χ0v) is 14.3. The molecule has 1 aliphatic rings. The molecule has 1 heterocycles. The molecule has 0 saturated carbocycles. The summed E-state index contributed by atoms with van der Waals surface area (Å²) >= 11 is 0. The summed E-state index contributed by atoms with van der Waals surface area (Å²) in [6.07, 6.45) is -3.67. The van der Waals surface area contributed by atoms with Gasteiger partial charge in [-0.1, -0.05) is 6.08 Å². The number of methoxy groups -OCH3 is 2. The number of hydrogen-bond acceptors (Lipinski definition) is 9. The third kappa shape index (κ3) is 4.14. The molecule has 0 spiro atoms. The number of aldehydes is 1. The molecule has 1 aromatic carbocycles. The van der Waals surface area contributed by atoms with E-state index in [0.29, 0.717) is 11.8 Å². The van der Waals surface area contributed by atoms with Gasteiger partial charge in [0.25, 0.3) is 0 Å². The van der Waals surface area contributed by atoms with Gasteiger partial charge in [-0.3, -0.25) is 4.79 Å². The zero-order chi connectivity index (χ0) is 19.3. The van der Waals surface area contributed by atoms with E-state index < -0.39 is 37.3 Å². The topological polar surface area (TPSA) is 135 Å². The quantitative estimate of drug-likeness (QED) is 0.355. The molecule has 4 N–H and O–H groups in total. The summed E-state index contributed by atoms with van der Waals surface area (Å²) in [4.78, 5) is 10.5. The van der Waals surface area contributed by atoms with Crippen LogP contribution >= 0.6 is 0 Å². The summed E-state index contributed by atoms with van der Waals surface area (Å²) in [6, 6.07) is 3.14. The Morgan fingerprint density at radius 2 is 1.69 bits per heavy atom. The molecule has 0 aliphatic carbocycles. The number of carbonyl (C=O) groups is 1. The Labute approximate surface area is 150 Å². The number of aliphatic hydroxyl groups excluding tert-OH is 4. The van der Waals surface area contributed by atoms with Crippen molar-refractivity contribution in [3.63, 3.8) is 0 Å². The van der Waals surface area contributed by atoms with E-state index in [1.165, 1.54) is 26.4 Å². The summed E-state index contributed by atoms with van der Waals surface area (Å²) in [5, 5.41) is 39.0. The van der Waals surface area contributed by atoms with Crippen molar-refractivity contribution in [3.05, 3.63) is 23.8 Å². The number of ether oxygens (including phenoxy) is 4. The van der Waals surface area contributed by atoms with Gasteiger partial charge in [-0.2, -0.15) is 0 Å². The second-order valence-corrected chi connectivity index (χ2v) is 5.56. The summed E-state index contributed by atoms with van der Waals surface area (Å²) in [7, 11) is 2.78. The summed E-state index contributed by atoms with van der Waals surface area (Å²) in [5.74, 6) is 0.543. The van der Waals surface area contributed by atoms with Crippen LogP contribution in [-0.2, 0) is 9.53 Å². The smallest absolute Gasteiger partial charge is 0.229 e. The van der Waals surface area contributed by atoms with Gasteiger partial charge in [0.2, 0.25) is 12.0 Å². The Morgan fingerprint density at radius 1 is 1.08 bits per heavy atom. The van der Waals surface area contributed by atoms with Gasteiger partial charge in [0, 0.05) is 0 Å². The van der Waals surface area contributed by atoms with Gasteiger partial charge in [-0.05, 0) is 23.8 Å². The first kappa shape index (κ1) is 20.1. The fourth-order valence-electron chi connectivity index (χ4n) is 2.54. The SMILES string of the molecule is COc1cc(/C=C\C=O)cc(OC)c1O[C@@H]1O[C@H](CO)[C@@H](O)[C@H](O)[C@H]1O. The Morgan fingerprint density at radius 3 is 2.19 bits per heavy atom. The van der Waals surface area contributed by atoms with E-state index in [4.69, 9.17) is 18.9 Å². The highest BCUT2D eigenvalue weighted by Gasteiger charge is 2.45. The first-order valence-corrected chi connectivity index (χ1v) is 7.81. The number of allylic oxidation sites excluding steroid dienone is 1. The fourth-order valence-corrected chi connectivity index (χ4v) is 2.54.